The third-order valence-corrected chi connectivity index (χ3v) is 3.00. The van der Waals surface area contributed by atoms with Gasteiger partial charge in [0.05, 0.1) is 7.11 Å². The van der Waals surface area contributed by atoms with Crippen LogP contribution in [0.15, 0.2) is 18.2 Å². The fourth-order valence-electron chi connectivity index (χ4n) is 2.06. The van der Waals surface area contributed by atoms with E-state index in [1.807, 2.05) is 0 Å². The zero-order valence-electron chi connectivity index (χ0n) is 9.17. The highest BCUT2D eigenvalue weighted by atomic mass is 19.4. The van der Waals surface area contributed by atoms with E-state index >= 15 is 0 Å². The summed E-state index contributed by atoms with van der Waals surface area (Å²) >= 11 is 0. The van der Waals surface area contributed by atoms with Gasteiger partial charge in [0.15, 0.2) is 5.78 Å². The Bertz CT molecular complexity index is 452. The lowest BCUT2D eigenvalue weighted by molar-refractivity contribution is -0.162. The van der Waals surface area contributed by atoms with Gasteiger partial charge >= 0.3 is 6.18 Å². The molecule has 5 heteroatoms. The summed E-state index contributed by atoms with van der Waals surface area (Å²) in [7, 11) is 1.41. The summed E-state index contributed by atoms with van der Waals surface area (Å²) in [6.45, 7) is 0. The minimum absolute atomic E-state index is 0.137. The Labute approximate surface area is 96.4 Å². The molecule has 1 unspecified atom stereocenters. The second kappa shape index (κ2) is 4.05. The molecule has 1 aliphatic rings. The zero-order chi connectivity index (χ0) is 12.6. The maximum atomic E-state index is 12.6. The minimum Gasteiger partial charge on any atom is -0.497 e. The number of carbonyl (C=O) groups is 1. The van der Waals surface area contributed by atoms with E-state index in [4.69, 9.17) is 4.74 Å². The van der Waals surface area contributed by atoms with E-state index < -0.39 is 17.9 Å². The Morgan fingerprint density at radius 1 is 1.35 bits per heavy atom. The highest BCUT2D eigenvalue weighted by Gasteiger charge is 2.46. The molecule has 0 spiro atoms. The number of rotatable bonds is 1. The molecule has 0 saturated heterocycles. The molecule has 1 aromatic rings. The second-order valence-electron chi connectivity index (χ2n) is 4.02. The van der Waals surface area contributed by atoms with E-state index in [0.717, 1.165) is 0 Å². The van der Waals surface area contributed by atoms with Gasteiger partial charge < -0.3 is 4.74 Å². The molecule has 1 aliphatic carbocycles. The fourth-order valence-corrected chi connectivity index (χ4v) is 2.06. The molecule has 2 nitrogen and oxygen atoms in total. The number of hydrogen-bond donors (Lipinski definition) is 0. The van der Waals surface area contributed by atoms with Crippen LogP contribution in [0.2, 0.25) is 0 Å². The number of ketones is 1. The van der Waals surface area contributed by atoms with Gasteiger partial charge in [0.2, 0.25) is 0 Å². The topological polar surface area (TPSA) is 26.3 Å². The van der Waals surface area contributed by atoms with Crippen LogP contribution in [-0.4, -0.2) is 19.1 Å². The quantitative estimate of drug-likeness (QED) is 0.759. The molecule has 17 heavy (non-hydrogen) atoms. The molecule has 92 valence electrons. The van der Waals surface area contributed by atoms with Gasteiger partial charge in [-0.1, -0.05) is 6.07 Å². The van der Waals surface area contributed by atoms with Gasteiger partial charge in [0.1, 0.15) is 11.7 Å². The summed E-state index contributed by atoms with van der Waals surface area (Å²) < 4.78 is 42.8. The van der Waals surface area contributed by atoms with Crippen molar-refractivity contribution in [2.45, 2.75) is 19.0 Å². The molecule has 0 N–H and O–H groups in total. The fraction of sp³-hybridized carbons (Fsp3) is 0.417. The van der Waals surface area contributed by atoms with Gasteiger partial charge in [-0.15, -0.1) is 0 Å². The first kappa shape index (κ1) is 12.0. The molecule has 0 fully saturated rings. The Hall–Kier alpha value is -1.52. The number of methoxy groups -OCH3 is 1. The molecule has 0 radical (unpaired) electrons. The van der Waals surface area contributed by atoms with E-state index in [0.29, 0.717) is 11.3 Å². The number of halogens is 3. The third-order valence-electron chi connectivity index (χ3n) is 3.00. The largest absolute Gasteiger partial charge is 0.497 e. The molecule has 1 aromatic carbocycles. The molecule has 0 aromatic heterocycles. The average molecular weight is 244 g/mol. The maximum absolute atomic E-state index is 12.6. The number of carbonyl (C=O) groups excluding carboxylic acids is 1. The number of fused-ring (bicyclic) bond motifs is 1. The molecular formula is C12H11F3O2. The van der Waals surface area contributed by atoms with Crippen molar-refractivity contribution in [2.24, 2.45) is 5.92 Å². The van der Waals surface area contributed by atoms with Crippen molar-refractivity contribution in [1.29, 1.82) is 0 Å². The Morgan fingerprint density at radius 3 is 2.65 bits per heavy atom. The van der Waals surface area contributed by atoms with Gasteiger partial charge in [-0.25, -0.2) is 0 Å². The standard InChI is InChI=1S/C12H11F3O2/c1-17-8-4-2-7-3-5-10(12(13,14)15)11(16)9(7)6-8/h2,4,6,10H,3,5H2,1H3. The first-order chi connectivity index (χ1) is 7.93. The van der Waals surface area contributed by atoms with Crippen molar-refractivity contribution >= 4 is 5.78 Å². The van der Waals surface area contributed by atoms with Crippen LogP contribution in [-0.2, 0) is 6.42 Å². The number of benzene rings is 1. The van der Waals surface area contributed by atoms with Crippen LogP contribution in [0.25, 0.3) is 0 Å². The van der Waals surface area contributed by atoms with Gasteiger partial charge in [0.25, 0.3) is 0 Å². The average Bonchev–Trinajstić information content (AvgIpc) is 2.27. The SMILES string of the molecule is COc1ccc2c(c1)C(=O)C(C(F)(F)F)CC2. The number of aryl methyl sites for hydroxylation is 1. The predicted octanol–water partition coefficient (Wildman–Crippen LogP) is 3.00. The van der Waals surface area contributed by atoms with Gasteiger partial charge in [0, 0.05) is 5.56 Å². The summed E-state index contributed by atoms with van der Waals surface area (Å²) in [6.07, 6.45) is -4.35. The first-order valence-electron chi connectivity index (χ1n) is 5.21. The zero-order valence-corrected chi connectivity index (χ0v) is 9.17. The van der Waals surface area contributed by atoms with Gasteiger partial charge in [-0.05, 0) is 30.5 Å². The van der Waals surface area contributed by atoms with Crippen LogP contribution in [0, 0.1) is 5.92 Å². The lowest BCUT2D eigenvalue weighted by Crippen LogP contribution is -2.34. The Balaban J connectivity index is 2.40. The summed E-state index contributed by atoms with van der Waals surface area (Å²) in [5.74, 6) is -2.32. The minimum atomic E-state index is -4.46. The van der Waals surface area contributed by atoms with E-state index in [-0.39, 0.29) is 18.4 Å². The molecule has 0 heterocycles. The highest BCUT2D eigenvalue weighted by molar-refractivity contribution is 6.01. The summed E-state index contributed by atoms with van der Waals surface area (Å²) in [5.41, 5.74) is 0.800. The third kappa shape index (κ3) is 2.14. The van der Waals surface area contributed by atoms with Crippen LogP contribution in [0.1, 0.15) is 22.3 Å². The van der Waals surface area contributed by atoms with E-state index in [2.05, 4.69) is 0 Å². The summed E-state index contributed by atoms with van der Waals surface area (Å²) in [4.78, 5) is 11.8. The van der Waals surface area contributed by atoms with Gasteiger partial charge in [-0.2, -0.15) is 13.2 Å². The van der Waals surface area contributed by atoms with Crippen LogP contribution in [0.4, 0.5) is 13.2 Å². The predicted molar refractivity (Wildman–Crippen MR) is 55.2 cm³/mol. The molecule has 1 atom stereocenters. The van der Waals surface area contributed by atoms with E-state index in [9.17, 15) is 18.0 Å². The molecule has 0 amide bonds. The van der Waals surface area contributed by atoms with Crippen molar-refractivity contribution in [3.05, 3.63) is 29.3 Å². The maximum Gasteiger partial charge on any atom is 0.398 e. The number of hydrogen-bond acceptors (Lipinski definition) is 2. The highest BCUT2D eigenvalue weighted by Crippen LogP contribution is 2.37. The lowest BCUT2D eigenvalue weighted by atomic mass is 9.82. The summed E-state index contributed by atoms with van der Waals surface area (Å²) in [5, 5.41) is 0. The smallest absolute Gasteiger partial charge is 0.398 e. The molecule has 0 saturated carbocycles. The van der Waals surface area contributed by atoms with Crippen molar-refractivity contribution in [2.75, 3.05) is 7.11 Å². The van der Waals surface area contributed by atoms with Crippen molar-refractivity contribution < 1.29 is 22.7 Å². The molecule has 0 aliphatic heterocycles. The normalized spacial score (nSPS) is 20.0. The van der Waals surface area contributed by atoms with Crippen LogP contribution in [0.5, 0.6) is 5.75 Å². The van der Waals surface area contributed by atoms with Crippen LogP contribution < -0.4 is 4.74 Å². The number of alkyl halides is 3. The van der Waals surface area contributed by atoms with Gasteiger partial charge in [-0.3, -0.25) is 4.79 Å². The number of ether oxygens (including phenoxy) is 1. The van der Waals surface area contributed by atoms with Crippen molar-refractivity contribution in [3.63, 3.8) is 0 Å². The Morgan fingerprint density at radius 2 is 2.06 bits per heavy atom. The number of Topliss-reactive ketones (excluding diaryl/α,β-unsaturated/α-hetero) is 1. The molecule has 0 bridgehead atoms. The monoisotopic (exact) mass is 244 g/mol. The molecular weight excluding hydrogens is 233 g/mol. The van der Waals surface area contributed by atoms with E-state index in [1.54, 1.807) is 12.1 Å². The van der Waals surface area contributed by atoms with Crippen LogP contribution >= 0.6 is 0 Å². The van der Waals surface area contributed by atoms with E-state index in [1.165, 1.54) is 13.2 Å². The summed E-state index contributed by atoms with van der Waals surface area (Å²) in [6, 6.07) is 4.69. The molecule has 2 rings (SSSR count). The second-order valence-corrected chi connectivity index (χ2v) is 4.02. The first-order valence-corrected chi connectivity index (χ1v) is 5.21. The van der Waals surface area contributed by atoms with Crippen molar-refractivity contribution in [1.82, 2.24) is 0 Å². The Kier molecular flexibility index (Phi) is 2.85. The van der Waals surface area contributed by atoms with Crippen LogP contribution in [0.3, 0.4) is 0 Å². The lowest BCUT2D eigenvalue weighted by Gasteiger charge is -2.25. The van der Waals surface area contributed by atoms with Crippen molar-refractivity contribution in [3.8, 4) is 5.75 Å².